The molecule has 0 fully saturated rings. The summed E-state index contributed by atoms with van der Waals surface area (Å²) < 4.78 is 23.4. The van der Waals surface area contributed by atoms with Crippen LogP contribution in [0.1, 0.15) is 41.2 Å². The van der Waals surface area contributed by atoms with Crippen molar-refractivity contribution in [3.8, 4) is 28.4 Å². The van der Waals surface area contributed by atoms with Crippen LogP contribution in [0, 0.1) is 0 Å². The van der Waals surface area contributed by atoms with Gasteiger partial charge in [-0.25, -0.2) is 10.4 Å². The van der Waals surface area contributed by atoms with Gasteiger partial charge >= 0.3 is 0 Å². The Balaban J connectivity index is 1.32. The molecule has 5 aromatic rings. The fraction of sp³-hybridized carbons (Fsp3) is 0.227. The van der Waals surface area contributed by atoms with Gasteiger partial charge in [-0.2, -0.15) is 0 Å². The summed E-state index contributed by atoms with van der Waals surface area (Å²) in [4.78, 5) is 19.7. The number of benzene rings is 5. The minimum atomic E-state index is -1.37. The van der Waals surface area contributed by atoms with E-state index in [9.17, 15) is 4.79 Å². The molecule has 5 aromatic carbocycles. The van der Waals surface area contributed by atoms with Crippen LogP contribution in [0.5, 0.6) is 17.2 Å². The number of nitrogens with one attached hydrogen (secondary N) is 2. The number of aliphatic hydroxyl groups is 1. The number of nitrogens with zero attached hydrogens (tertiary/aromatic N) is 1. The number of carbonyl (C=O) groups is 1. The van der Waals surface area contributed by atoms with Gasteiger partial charge in [0.05, 0.1) is 20.8 Å². The molecule has 6 rings (SSSR count). The smallest absolute Gasteiger partial charge is 0.266 e. The molecule has 1 heterocycles. The third kappa shape index (κ3) is 9.13. The Bertz CT molecular complexity index is 1980. The average Bonchev–Trinajstić information content (AvgIpc) is 3.61. The van der Waals surface area contributed by atoms with Crippen molar-refractivity contribution in [2.75, 3.05) is 34.0 Å². The predicted octanol–water partition coefficient (Wildman–Crippen LogP) is 7.36. The molecule has 272 valence electrons. The first kappa shape index (κ1) is 36.9. The molecule has 0 bridgehead atoms. The van der Waals surface area contributed by atoms with Crippen LogP contribution in [0.15, 0.2) is 138 Å². The molecule has 1 amide bonds. The highest BCUT2D eigenvalue weighted by Crippen LogP contribution is 2.43. The van der Waals surface area contributed by atoms with Gasteiger partial charge in [-0.3, -0.25) is 10.2 Å². The molecule has 1 aliphatic heterocycles. The molecule has 2 atom stereocenters. The third-order valence-electron chi connectivity index (χ3n) is 9.10. The first-order valence-electron chi connectivity index (χ1n) is 17.7. The number of rotatable bonds is 17. The molecule has 9 heteroatoms. The summed E-state index contributed by atoms with van der Waals surface area (Å²) in [5, 5.41) is 9.14. The number of carbonyl (C=O) groups excluding carboxylic acids is 1. The zero-order valence-corrected chi connectivity index (χ0v) is 30.0. The van der Waals surface area contributed by atoms with E-state index in [4.69, 9.17) is 29.0 Å². The van der Waals surface area contributed by atoms with Crippen molar-refractivity contribution >= 4 is 17.9 Å². The van der Waals surface area contributed by atoms with Crippen LogP contribution in [-0.4, -0.2) is 56.4 Å². The molecule has 0 saturated heterocycles. The largest absolute Gasteiger partial charge is 0.497 e. The minimum absolute atomic E-state index is 0.0589. The summed E-state index contributed by atoms with van der Waals surface area (Å²) in [7, 11) is 3.26. The van der Waals surface area contributed by atoms with E-state index < -0.39 is 11.6 Å². The Labute approximate surface area is 310 Å². The summed E-state index contributed by atoms with van der Waals surface area (Å²) >= 11 is 0. The van der Waals surface area contributed by atoms with Gasteiger partial charge in [-0.05, 0) is 76.7 Å². The standard InChI is InChI=1S/C44H45N3O6/c1-50-39-24-25-40(51-2)37(31-39)26-28-45-47-43(49)44(27-9-13-32-11-5-3-6-12-32)41(35-18-16-34(17-19-35)33-14-7-4-8-15-33)53-42(46-44)36-20-22-38(23-21-36)52-30-10-29-48/h3-9,11-25,31,41,45,48H,10,26-30H2,1-2H3,(H,47,49)/b13-9+/t41-,44-/m0/s1. The first-order valence-corrected chi connectivity index (χ1v) is 17.7. The van der Waals surface area contributed by atoms with Crippen molar-refractivity contribution in [2.45, 2.75) is 30.9 Å². The van der Waals surface area contributed by atoms with E-state index in [-0.39, 0.29) is 18.9 Å². The maximum Gasteiger partial charge on any atom is 0.266 e. The SMILES string of the molecule is COc1ccc(OC)c(CCNNC(=O)[C@@]2(C/C=C/c3ccccc3)N=C(c3ccc(OCCCO)cc3)O[C@H]2c2ccc(-c3ccccc3)cc2)c1. The second-order valence-corrected chi connectivity index (χ2v) is 12.6. The Morgan fingerprint density at radius 1 is 0.830 bits per heavy atom. The molecule has 0 aliphatic carbocycles. The zero-order valence-electron chi connectivity index (χ0n) is 30.0. The number of amides is 1. The van der Waals surface area contributed by atoms with Crippen molar-refractivity contribution in [3.63, 3.8) is 0 Å². The number of aliphatic hydroxyl groups excluding tert-OH is 1. The van der Waals surface area contributed by atoms with E-state index in [1.165, 1.54) is 0 Å². The first-order chi connectivity index (χ1) is 26.0. The molecule has 0 unspecified atom stereocenters. The fourth-order valence-electron chi connectivity index (χ4n) is 6.26. The lowest BCUT2D eigenvalue weighted by atomic mass is 9.84. The molecule has 0 saturated carbocycles. The molecule has 0 aromatic heterocycles. The molecular weight excluding hydrogens is 666 g/mol. The van der Waals surface area contributed by atoms with Crippen molar-refractivity contribution < 1.29 is 28.8 Å². The second kappa shape index (κ2) is 18.0. The number of hydrazine groups is 1. The van der Waals surface area contributed by atoms with Gasteiger partial charge in [0.15, 0.2) is 11.6 Å². The Kier molecular flexibility index (Phi) is 12.6. The van der Waals surface area contributed by atoms with E-state index in [0.717, 1.165) is 39.3 Å². The average molecular weight is 712 g/mol. The summed E-state index contributed by atoms with van der Waals surface area (Å²) in [6.45, 7) is 0.892. The summed E-state index contributed by atoms with van der Waals surface area (Å²) in [5.74, 6) is 2.16. The molecule has 53 heavy (non-hydrogen) atoms. The second-order valence-electron chi connectivity index (χ2n) is 12.6. The lowest BCUT2D eigenvalue weighted by Crippen LogP contribution is -2.52. The monoisotopic (exact) mass is 711 g/mol. The minimum Gasteiger partial charge on any atom is -0.497 e. The highest BCUT2D eigenvalue weighted by molar-refractivity contribution is 6.01. The maximum absolute atomic E-state index is 14.6. The van der Waals surface area contributed by atoms with Gasteiger partial charge in [-0.1, -0.05) is 97.1 Å². The maximum atomic E-state index is 14.6. The number of methoxy groups -OCH3 is 2. The molecule has 1 aliphatic rings. The van der Waals surface area contributed by atoms with Gasteiger partial charge in [0.25, 0.3) is 5.91 Å². The third-order valence-corrected chi connectivity index (χ3v) is 9.10. The Hall–Kier alpha value is -5.90. The number of ether oxygens (including phenoxy) is 4. The number of hydrogen-bond acceptors (Lipinski definition) is 8. The normalized spacial score (nSPS) is 16.5. The van der Waals surface area contributed by atoms with Crippen LogP contribution >= 0.6 is 0 Å². The molecule has 0 spiro atoms. The van der Waals surface area contributed by atoms with Crippen LogP contribution in [0.3, 0.4) is 0 Å². The van der Waals surface area contributed by atoms with Gasteiger partial charge in [0.1, 0.15) is 17.2 Å². The lowest BCUT2D eigenvalue weighted by Gasteiger charge is -2.30. The summed E-state index contributed by atoms with van der Waals surface area (Å²) in [6, 6.07) is 41.3. The quantitative estimate of drug-likeness (QED) is 0.0683. The lowest BCUT2D eigenvalue weighted by molar-refractivity contribution is -0.129. The van der Waals surface area contributed by atoms with Crippen molar-refractivity contribution in [3.05, 3.63) is 156 Å². The van der Waals surface area contributed by atoms with Gasteiger partial charge in [0, 0.05) is 31.6 Å². The zero-order chi connectivity index (χ0) is 36.9. The van der Waals surface area contributed by atoms with Crippen LogP contribution in [0.2, 0.25) is 0 Å². The number of hydrogen-bond donors (Lipinski definition) is 3. The molecule has 9 nitrogen and oxygen atoms in total. The predicted molar refractivity (Wildman–Crippen MR) is 208 cm³/mol. The van der Waals surface area contributed by atoms with E-state index >= 15 is 0 Å². The fourth-order valence-corrected chi connectivity index (χ4v) is 6.26. The van der Waals surface area contributed by atoms with E-state index in [2.05, 4.69) is 23.0 Å². The summed E-state index contributed by atoms with van der Waals surface area (Å²) in [6.07, 6.45) is 4.61. The van der Waals surface area contributed by atoms with Gasteiger partial charge in [0.2, 0.25) is 5.90 Å². The Morgan fingerprint density at radius 2 is 1.51 bits per heavy atom. The summed E-state index contributed by atoms with van der Waals surface area (Å²) in [5.41, 5.74) is 10.4. The van der Waals surface area contributed by atoms with Crippen LogP contribution in [-0.2, 0) is 16.0 Å². The Morgan fingerprint density at radius 3 is 2.21 bits per heavy atom. The number of aliphatic imine (C=N–C) groups is 1. The van der Waals surface area contributed by atoms with Crippen molar-refractivity contribution in [1.29, 1.82) is 0 Å². The van der Waals surface area contributed by atoms with Crippen LogP contribution in [0.4, 0.5) is 0 Å². The molecule has 0 radical (unpaired) electrons. The molecular formula is C44H45N3O6. The van der Waals surface area contributed by atoms with Crippen molar-refractivity contribution in [1.82, 2.24) is 10.9 Å². The van der Waals surface area contributed by atoms with Crippen LogP contribution in [0.25, 0.3) is 17.2 Å². The topological polar surface area (TPSA) is 111 Å². The highest BCUT2D eigenvalue weighted by atomic mass is 16.5. The molecule has 3 N–H and O–H groups in total. The van der Waals surface area contributed by atoms with Crippen molar-refractivity contribution in [2.24, 2.45) is 4.99 Å². The van der Waals surface area contributed by atoms with E-state index in [1.807, 2.05) is 127 Å². The van der Waals surface area contributed by atoms with Gasteiger partial charge < -0.3 is 24.1 Å². The van der Waals surface area contributed by atoms with E-state index in [1.54, 1.807) is 14.2 Å². The highest BCUT2D eigenvalue weighted by Gasteiger charge is 2.52. The van der Waals surface area contributed by atoms with Crippen LogP contribution < -0.4 is 25.1 Å². The van der Waals surface area contributed by atoms with Gasteiger partial charge in [-0.15, -0.1) is 0 Å². The van der Waals surface area contributed by atoms with E-state index in [0.29, 0.717) is 43.2 Å².